The van der Waals surface area contributed by atoms with Crippen LogP contribution in [0.1, 0.15) is 53.0 Å². The summed E-state index contributed by atoms with van der Waals surface area (Å²) in [7, 11) is -3.44. The van der Waals surface area contributed by atoms with Gasteiger partial charge in [-0.05, 0) is 42.9 Å². The van der Waals surface area contributed by atoms with Gasteiger partial charge in [-0.3, -0.25) is 9.48 Å². The molecule has 1 amide bonds. The van der Waals surface area contributed by atoms with E-state index >= 15 is 0 Å². The van der Waals surface area contributed by atoms with Crippen molar-refractivity contribution in [1.29, 1.82) is 0 Å². The van der Waals surface area contributed by atoms with Gasteiger partial charge in [0.1, 0.15) is 5.75 Å². The van der Waals surface area contributed by atoms with Crippen LogP contribution in [0.25, 0.3) is 0 Å². The molecule has 0 saturated heterocycles. The van der Waals surface area contributed by atoms with Crippen LogP contribution in [0.2, 0.25) is 0 Å². The monoisotopic (exact) mass is 514 g/mol. The summed E-state index contributed by atoms with van der Waals surface area (Å²) in [5.74, 6) is 0.512. The molecule has 1 aromatic heterocycles. The molecule has 2 aliphatic rings. The first kappa shape index (κ1) is 25.5. The van der Waals surface area contributed by atoms with Gasteiger partial charge in [0, 0.05) is 19.0 Å². The Morgan fingerprint density at radius 2 is 2.03 bits per heavy atom. The van der Waals surface area contributed by atoms with Gasteiger partial charge in [0.05, 0.1) is 29.8 Å². The van der Waals surface area contributed by atoms with Crippen molar-refractivity contribution in [2.75, 3.05) is 12.9 Å². The number of hydrogen-bond acceptors (Lipinski definition) is 5. The number of aromatic nitrogens is 2. The number of rotatable bonds is 11. The molecule has 0 unspecified atom stereocenters. The fourth-order valence-corrected chi connectivity index (χ4v) is 4.64. The third-order valence-electron chi connectivity index (χ3n) is 6.16. The van der Waals surface area contributed by atoms with Crippen molar-refractivity contribution in [2.24, 2.45) is 5.92 Å². The summed E-state index contributed by atoms with van der Waals surface area (Å²) < 4.78 is 69.6. The Labute approximate surface area is 202 Å². The predicted molar refractivity (Wildman–Crippen MR) is 123 cm³/mol. The third kappa shape index (κ3) is 7.44. The minimum absolute atomic E-state index is 0.00532. The molecule has 1 atom stereocenters. The molecule has 35 heavy (non-hydrogen) atoms. The first-order valence-electron chi connectivity index (χ1n) is 11.6. The van der Waals surface area contributed by atoms with Crippen LogP contribution < -0.4 is 14.8 Å². The Morgan fingerprint density at radius 3 is 2.71 bits per heavy atom. The number of hydrogen-bond donors (Lipinski definition) is 2. The number of nitrogens with one attached hydrogen (secondary N) is 2. The SMILES string of the molecule is CS(=O)(=O)NCc1c2c(nn1CCC1CC1)C[C@H](CCc1cccc(OCC(F)(F)F)c1)NC2=O. The number of ether oxygens (including phenoxy) is 1. The highest BCUT2D eigenvalue weighted by Gasteiger charge is 2.32. The fraction of sp³-hybridized carbons (Fsp3) is 0.565. The summed E-state index contributed by atoms with van der Waals surface area (Å²) in [6.45, 7) is -0.729. The molecule has 4 rings (SSSR count). The standard InChI is InChI=1S/C23H29F3N4O4S/c1-35(32,33)27-13-20-21-19(29-30(20)10-9-15-5-6-15)12-17(28-22(21)31)8-7-16-3-2-4-18(11-16)34-14-23(24,25)26/h2-4,11,15,17,27H,5-10,12-14H2,1H3,(H,28,31)/t17-/m0/s1. The van der Waals surface area contributed by atoms with Crippen molar-refractivity contribution in [3.8, 4) is 5.75 Å². The van der Waals surface area contributed by atoms with Crippen molar-refractivity contribution < 1.29 is 31.1 Å². The summed E-state index contributed by atoms with van der Waals surface area (Å²) in [6.07, 6.45) is 1.57. The van der Waals surface area contributed by atoms with Gasteiger partial charge in [0.2, 0.25) is 10.0 Å². The Balaban J connectivity index is 1.43. The number of carbonyl (C=O) groups excluding carboxylic acids is 1. The van der Waals surface area contributed by atoms with Crippen LogP contribution in [-0.2, 0) is 36.0 Å². The molecule has 2 heterocycles. The second-order valence-corrected chi connectivity index (χ2v) is 11.1. The van der Waals surface area contributed by atoms with E-state index in [1.165, 1.54) is 18.9 Å². The van der Waals surface area contributed by atoms with Crippen LogP contribution in [0, 0.1) is 5.92 Å². The maximum Gasteiger partial charge on any atom is 0.422 e. The van der Waals surface area contributed by atoms with Crippen LogP contribution in [-0.4, -0.2) is 49.2 Å². The molecule has 0 bridgehead atoms. The Hall–Kier alpha value is -2.60. The number of nitrogens with zero attached hydrogens (tertiary/aromatic N) is 2. The van der Waals surface area contributed by atoms with Gasteiger partial charge >= 0.3 is 6.18 Å². The molecule has 2 N–H and O–H groups in total. The molecule has 1 aromatic carbocycles. The van der Waals surface area contributed by atoms with Crippen LogP contribution >= 0.6 is 0 Å². The zero-order valence-corrected chi connectivity index (χ0v) is 20.2. The van der Waals surface area contributed by atoms with E-state index in [2.05, 4.69) is 15.1 Å². The Bertz CT molecular complexity index is 1180. The molecule has 2 aromatic rings. The number of aryl methyl sites for hydroxylation is 2. The van der Waals surface area contributed by atoms with E-state index in [9.17, 15) is 26.4 Å². The van der Waals surface area contributed by atoms with Crippen LogP contribution in [0.5, 0.6) is 5.75 Å². The number of sulfonamides is 1. The Morgan fingerprint density at radius 1 is 1.26 bits per heavy atom. The molecule has 0 spiro atoms. The van der Waals surface area contributed by atoms with Crippen molar-refractivity contribution in [3.63, 3.8) is 0 Å². The lowest BCUT2D eigenvalue weighted by Gasteiger charge is -2.23. The van der Waals surface area contributed by atoms with E-state index in [1.54, 1.807) is 22.9 Å². The highest BCUT2D eigenvalue weighted by Crippen LogP contribution is 2.33. The van der Waals surface area contributed by atoms with Gasteiger partial charge in [0.15, 0.2) is 6.61 Å². The second-order valence-electron chi connectivity index (χ2n) is 9.28. The van der Waals surface area contributed by atoms with Gasteiger partial charge in [-0.15, -0.1) is 0 Å². The summed E-state index contributed by atoms with van der Waals surface area (Å²) in [4.78, 5) is 13.0. The topological polar surface area (TPSA) is 102 Å². The lowest BCUT2D eigenvalue weighted by atomic mass is 9.95. The summed E-state index contributed by atoms with van der Waals surface area (Å²) in [5, 5.41) is 7.64. The van der Waals surface area contributed by atoms with E-state index in [0.29, 0.717) is 48.7 Å². The minimum atomic E-state index is -4.40. The number of amides is 1. The van der Waals surface area contributed by atoms with Crippen molar-refractivity contribution in [1.82, 2.24) is 19.8 Å². The van der Waals surface area contributed by atoms with Crippen molar-refractivity contribution >= 4 is 15.9 Å². The highest BCUT2D eigenvalue weighted by molar-refractivity contribution is 7.88. The molecule has 1 aliphatic heterocycles. The molecule has 1 saturated carbocycles. The number of fused-ring (bicyclic) bond motifs is 1. The van der Waals surface area contributed by atoms with Crippen LogP contribution in [0.15, 0.2) is 24.3 Å². The van der Waals surface area contributed by atoms with Gasteiger partial charge in [0.25, 0.3) is 5.91 Å². The highest BCUT2D eigenvalue weighted by atomic mass is 32.2. The van der Waals surface area contributed by atoms with E-state index < -0.39 is 22.8 Å². The van der Waals surface area contributed by atoms with Crippen LogP contribution in [0.3, 0.4) is 0 Å². The average molecular weight is 515 g/mol. The fourth-order valence-electron chi connectivity index (χ4n) is 4.25. The largest absolute Gasteiger partial charge is 0.484 e. The Kier molecular flexibility index (Phi) is 7.41. The zero-order valence-electron chi connectivity index (χ0n) is 19.4. The predicted octanol–water partition coefficient (Wildman–Crippen LogP) is 2.96. The minimum Gasteiger partial charge on any atom is -0.484 e. The quantitative estimate of drug-likeness (QED) is 0.480. The van der Waals surface area contributed by atoms with E-state index in [4.69, 9.17) is 4.74 Å². The number of benzene rings is 1. The lowest BCUT2D eigenvalue weighted by Crippen LogP contribution is -2.42. The molecular weight excluding hydrogens is 485 g/mol. The first-order valence-corrected chi connectivity index (χ1v) is 13.5. The molecule has 0 radical (unpaired) electrons. The zero-order chi connectivity index (χ0) is 25.2. The van der Waals surface area contributed by atoms with Gasteiger partial charge < -0.3 is 10.1 Å². The molecule has 192 valence electrons. The number of carbonyl (C=O) groups is 1. The number of halogens is 3. The maximum atomic E-state index is 13.0. The molecule has 8 nitrogen and oxygen atoms in total. The summed E-state index contributed by atoms with van der Waals surface area (Å²) in [5.41, 5.74) is 2.44. The summed E-state index contributed by atoms with van der Waals surface area (Å²) >= 11 is 0. The lowest BCUT2D eigenvalue weighted by molar-refractivity contribution is -0.153. The van der Waals surface area contributed by atoms with Crippen LogP contribution in [0.4, 0.5) is 13.2 Å². The molecule has 1 aliphatic carbocycles. The van der Waals surface area contributed by atoms with Gasteiger partial charge in [-0.1, -0.05) is 25.0 Å². The molecular formula is C23H29F3N4O4S. The van der Waals surface area contributed by atoms with Crippen molar-refractivity contribution in [2.45, 2.75) is 63.8 Å². The average Bonchev–Trinajstić information content (AvgIpc) is 3.53. The van der Waals surface area contributed by atoms with E-state index in [0.717, 1.165) is 18.2 Å². The van der Waals surface area contributed by atoms with Crippen molar-refractivity contribution in [3.05, 3.63) is 46.8 Å². The third-order valence-corrected chi connectivity index (χ3v) is 6.83. The first-order chi connectivity index (χ1) is 16.5. The molecule has 12 heteroatoms. The van der Waals surface area contributed by atoms with Gasteiger partial charge in [-0.25, -0.2) is 13.1 Å². The normalized spacial score (nSPS) is 18.3. The smallest absolute Gasteiger partial charge is 0.422 e. The maximum absolute atomic E-state index is 13.0. The summed E-state index contributed by atoms with van der Waals surface area (Å²) in [6, 6.07) is 6.30. The van der Waals surface area contributed by atoms with Gasteiger partial charge in [-0.2, -0.15) is 18.3 Å². The molecule has 1 fully saturated rings. The number of alkyl halides is 3. The van der Waals surface area contributed by atoms with E-state index in [1.807, 2.05) is 0 Å². The second kappa shape index (κ2) is 10.2. The van der Waals surface area contributed by atoms with E-state index in [-0.39, 0.29) is 24.2 Å².